The monoisotopic (exact) mass is 368 g/mol. The van der Waals surface area contributed by atoms with E-state index in [9.17, 15) is 4.79 Å². The highest BCUT2D eigenvalue weighted by atomic mass is 16.5. The lowest BCUT2D eigenvalue weighted by molar-refractivity contribution is -0.120. The molecule has 0 aromatic heterocycles. The summed E-state index contributed by atoms with van der Waals surface area (Å²) in [6, 6.07) is 8.23. The third-order valence-corrected chi connectivity index (χ3v) is 5.12. The lowest BCUT2D eigenvalue weighted by Crippen LogP contribution is -2.46. The minimum Gasteiger partial charge on any atom is -0.495 e. The summed E-state index contributed by atoms with van der Waals surface area (Å²) in [6.45, 7) is 6.05. The molecular formula is C22H30N3O2. The van der Waals surface area contributed by atoms with E-state index in [-0.39, 0.29) is 5.91 Å². The highest BCUT2D eigenvalue weighted by Gasteiger charge is 2.20. The fourth-order valence-corrected chi connectivity index (χ4v) is 3.57. The van der Waals surface area contributed by atoms with Crippen molar-refractivity contribution >= 4 is 11.6 Å². The maximum atomic E-state index is 11.9. The molecule has 2 aliphatic rings. The van der Waals surface area contributed by atoms with Crippen LogP contribution in [0.3, 0.4) is 0 Å². The molecule has 3 rings (SSSR count). The first kappa shape index (κ1) is 20.0. The van der Waals surface area contributed by atoms with Gasteiger partial charge in [0.15, 0.2) is 0 Å². The molecule has 1 aromatic carbocycles. The van der Waals surface area contributed by atoms with Crippen molar-refractivity contribution in [3.8, 4) is 5.75 Å². The summed E-state index contributed by atoms with van der Waals surface area (Å²) in [6.07, 6.45) is 10.5. The van der Waals surface area contributed by atoms with Gasteiger partial charge in [-0.15, -0.1) is 0 Å². The Hall–Kier alpha value is -1.75. The van der Waals surface area contributed by atoms with Gasteiger partial charge in [-0.1, -0.05) is 12.1 Å². The lowest BCUT2D eigenvalue weighted by Gasteiger charge is -2.36. The Kier molecular flexibility index (Phi) is 7.81. The number of piperazine rings is 1. The van der Waals surface area contributed by atoms with Crippen molar-refractivity contribution in [1.82, 2.24) is 10.2 Å². The second-order valence-corrected chi connectivity index (χ2v) is 7.03. The number of para-hydroxylation sites is 2. The zero-order chi connectivity index (χ0) is 18.9. The summed E-state index contributed by atoms with van der Waals surface area (Å²) in [7, 11) is 1.73. The van der Waals surface area contributed by atoms with E-state index in [0.29, 0.717) is 6.42 Å². The average molecular weight is 369 g/mol. The van der Waals surface area contributed by atoms with E-state index in [2.05, 4.69) is 27.2 Å². The molecule has 145 valence electrons. The third kappa shape index (κ3) is 6.13. The van der Waals surface area contributed by atoms with Gasteiger partial charge in [-0.2, -0.15) is 0 Å². The number of unbranched alkanes of at least 4 members (excludes halogenated alkanes) is 1. The number of carbonyl (C=O) groups is 1. The Morgan fingerprint density at radius 1 is 1.07 bits per heavy atom. The van der Waals surface area contributed by atoms with E-state index < -0.39 is 0 Å². The number of hydrogen-bond acceptors (Lipinski definition) is 4. The van der Waals surface area contributed by atoms with Gasteiger partial charge in [0, 0.05) is 39.1 Å². The van der Waals surface area contributed by atoms with E-state index in [1.165, 1.54) is 5.69 Å². The van der Waals surface area contributed by atoms with Crippen LogP contribution in [0.4, 0.5) is 5.69 Å². The largest absolute Gasteiger partial charge is 0.495 e. The van der Waals surface area contributed by atoms with E-state index in [1.54, 1.807) is 7.11 Å². The number of rotatable bonds is 9. The van der Waals surface area contributed by atoms with E-state index >= 15 is 0 Å². The summed E-state index contributed by atoms with van der Waals surface area (Å²) < 4.78 is 5.48. The zero-order valence-electron chi connectivity index (χ0n) is 16.2. The average Bonchev–Trinajstić information content (AvgIpc) is 3.21. The first-order valence-electron chi connectivity index (χ1n) is 9.84. The summed E-state index contributed by atoms with van der Waals surface area (Å²) >= 11 is 0. The minimum atomic E-state index is 0.117. The first-order valence-corrected chi connectivity index (χ1v) is 9.84. The van der Waals surface area contributed by atoms with Crippen molar-refractivity contribution in [1.29, 1.82) is 0 Å². The Balaban J connectivity index is 1.27. The number of ether oxygens (including phenoxy) is 1. The van der Waals surface area contributed by atoms with Crippen molar-refractivity contribution in [2.75, 3.05) is 51.3 Å². The van der Waals surface area contributed by atoms with Crippen molar-refractivity contribution in [3.05, 3.63) is 55.9 Å². The van der Waals surface area contributed by atoms with Gasteiger partial charge < -0.3 is 15.0 Å². The SMILES string of the molecule is COc1ccccc1N1CCN(CCCCNC(=O)C[C]2[CH][CH][CH][CH]2)CC1. The van der Waals surface area contributed by atoms with Crippen LogP contribution in [-0.2, 0) is 4.79 Å². The van der Waals surface area contributed by atoms with Gasteiger partial charge in [0.05, 0.1) is 12.8 Å². The molecule has 0 bridgehead atoms. The number of amides is 1. The first-order chi connectivity index (χ1) is 13.3. The van der Waals surface area contributed by atoms with Gasteiger partial charge in [0.25, 0.3) is 0 Å². The molecular weight excluding hydrogens is 338 g/mol. The molecule has 0 spiro atoms. The highest BCUT2D eigenvalue weighted by molar-refractivity contribution is 5.79. The fourth-order valence-electron chi connectivity index (χ4n) is 3.57. The Morgan fingerprint density at radius 2 is 1.81 bits per heavy atom. The van der Waals surface area contributed by atoms with E-state index in [1.807, 2.05) is 37.8 Å². The number of carbonyl (C=O) groups excluding carboxylic acids is 1. The number of anilines is 1. The van der Waals surface area contributed by atoms with Crippen LogP contribution in [0.1, 0.15) is 19.3 Å². The molecule has 0 unspecified atom stereocenters. The van der Waals surface area contributed by atoms with Crippen LogP contribution in [-0.4, -0.2) is 57.2 Å². The quantitative estimate of drug-likeness (QED) is 0.681. The van der Waals surface area contributed by atoms with Gasteiger partial charge >= 0.3 is 0 Å². The second kappa shape index (κ2) is 10.5. The van der Waals surface area contributed by atoms with Gasteiger partial charge in [0.2, 0.25) is 5.91 Å². The molecule has 2 fully saturated rings. The van der Waals surface area contributed by atoms with Crippen LogP contribution < -0.4 is 15.0 Å². The molecule has 1 amide bonds. The Labute approximate surface area is 164 Å². The molecule has 1 aromatic rings. The molecule has 1 N–H and O–H groups in total. The van der Waals surface area contributed by atoms with Crippen LogP contribution >= 0.6 is 0 Å². The number of methoxy groups -OCH3 is 1. The molecule has 5 heteroatoms. The summed E-state index contributed by atoms with van der Waals surface area (Å²) in [5.74, 6) is 2.15. The van der Waals surface area contributed by atoms with E-state index in [4.69, 9.17) is 4.74 Å². The maximum absolute atomic E-state index is 11.9. The van der Waals surface area contributed by atoms with Gasteiger partial charge in [-0.3, -0.25) is 9.69 Å². The van der Waals surface area contributed by atoms with Crippen molar-refractivity contribution in [3.63, 3.8) is 0 Å². The molecule has 1 saturated carbocycles. The van der Waals surface area contributed by atoms with Crippen LogP contribution in [0.5, 0.6) is 5.75 Å². The second-order valence-electron chi connectivity index (χ2n) is 7.03. The Bertz CT molecular complexity index is 579. The normalized spacial score (nSPS) is 18.6. The third-order valence-electron chi connectivity index (χ3n) is 5.12. The topological polar surface area (TPSA) is 44.8 Å². The van der Waals surface area contributed by atoms with Crippen LogP contribution in [0.15, 0.2) is 24.3 Å². The van der Waals surface area contributed by atoms with E-state index in [0.717, 1.165) is 63.8 Å². The Morgan fingerprint density at radius 3 is 2.56 bits per heavy atom. The molecule has 5 radical (unpaired) electrons. The van der Waals surface area contributed by atoms with Crippen LogP contribution in [0.25, 0.3) is 0 Å². The van der Waals surface area contributed by atoms with Crippen molar-refractivity contribution < 1.29 is 9.53 Å². The minimum absolute atomic E-state index is 0.117. The molecule has 1 aliphatic carbocycles. The predicted molar refractivity (Wildman–Crippen MR) is 109 cm³/mol. The van der Waals surface area contributed by atoms with Gasteiger partial charge in [0.1, 0.15) is 5.75 Å². The van der Waals surface area contributed by atoms with Gasteiger partial charge in [-0.05, 0) is 63.1 Å². The standard InChI is InChI=1S/C22H30N3O2/c1-27-21-11-5-4-10-20(21)25-16-14-24(15-17-25)13-7-6-12-23-22(26)18-19-8-2-3-9-19/h2-5,8-11H,6-7,12-18H2,1H3,(H,23,26). The van der Waals surface area contributed by atoms with Crippen molar-refractivity contribution in [2.45, 2.75) is 19.3 Å². The molecule has 1 heterocycles. The molecule has 1 aliphatic heterocycles. The van der Waals surface area contributed by atoms with Gasteiger partial charge in [-0.25, -0.2) is 0 Å². The number of nitrogens with one attached hydrogen (secondary N) is 1. The number of hydrogen-bond donors (Lipinski definition) is 1. The van der Waals surface area contributed by atoms with Crippen molar-refractivity contribution in [2.24, 2.45) is 0 Å². The number of nitrogens with zero attached hydrogens (tertiary/aromatic N) is 2. The molecule has 0 atom stereocenters. The summed E-state index contributed by atoms with van der Waals surface area (Å²) in [4.78, 5) is 16.8. The fraction of sp³-hybridized carbons (Fsp3) is 0.455. The lowest BCUT2D eigenvalue weighted by atomic mass is 10.0. The molecule has 5 nitrogen and oxygen atoms in total. The maximum Gasteiger partial charge on any atom is 0.220 e. The van der Waals surface area contributed by atoms with Crippen LogP contribution in [0, 0.1) is 31.6 Å². The zero-order valence-corrected chi connectivity index (χ0v) is 16.2. The van der Waals surface area contributed by atoms with Crippen LogP contribution in [0.2, 0.25) is 0 Å². The molecule has 1 saturated heterocycles. The smallest absolute Gasteiger partial charge is 0.220 e. The number of benzene rings is 1. The summed E-state index contributed by atoms with van der Waals surface area (Å²) in [5.41, 5.74) is 1.19. The predicted octanol–water partition coefficient (Wildman–Crippen LogP) is 2.51. The summed E-state index contributed by atoms with van der Waals surface area (Å²) in [5, 5.41) is 3.02. The molecule has 27 heavy (non-hydrogen) atoms. The highest BCUT2D eigenvalue weighted by Crippen LogP contribution is 2.28.